The van der Waals surface area contributed by atoms with Crippen LogP contribution in [0.2, 0.25) is 0 Å². The van der Waals surface area contributed by atoms with Crippen LogP contribution in [-0.4, -0.2) is 42.2 Å². The Morgan fingerprint density at radius 3 is 2.61 bits per heavy atom. The van der Waals surface area contributed by atoms with Crippen LogP contribution < -0.4 is 10.2 Å². The van der Waals surface area contributed by atoms with E-state index < -0.39 is 0 Å². The molecule has 1 fully saturated rings. The lowest BCUT2D eigenvalue weighted by atomic mass is 10.1. The van der Waals surface area contributed by atoms with E-state index in [0.717, 1.165) is 30.0 Å². The summed E-state index contributed by atoms with van der Waals surface area (Å²) in [6.45, 7) is 3.43. The number of oxazole rings is 1. The number of morpholine rings is 1. The molecule has 7 heteroatoms. The highest BCUT2D eigenvalue weighted by molar-refractivity contribution is 6.00. The molecule has 1 aliphatic rings. The zero-order valence-corrected chi connectivity index (χ0v) is 18.1. The second-order valence-electron chi connectivity index (χ2n) is 7.75. The molecular weight excluding hydrogens is 416 g/mol. The number of nitrogens with one attached hydrogen (secondary N) is 1. The number of hydrogen-bond acceptors (Lipinski definition) is 6. The monoisotopic (exact) mass is 440 g/mol. The van der Waals surface area contributed by atoms with Gasteiger partial charge >= 0.3 is 0 Å². The normalized spacial score (nSPS) is 13.6. The molecule has 1 amide bonds. The Morgan fingerprint density at radius 1 is 0.970 bits per heavy atom. The third-order valence-electron chi connectivity index (χ3n) is 5.56. The van der Waals surface area contributed by atoms with Crippen LogP contribution >= 0.6 is 0 Å². The first kappa shape index (κ1) is 20.9. The number of aromatic nitrogens is 2. The van der Waals surface area contributed by atoms with Gasteiger partial charge in [-0.05, 0) is 29.8 Å². The van der Waals surface area contributed by atoms with Crippen LogP contribution in [0.5, 0.6) is 0 Å². The van der Waals surface area contributed by atoms with Crippen molar-refractivity contribution in [1.29, 1.82) is 0 Å². The van der Waals surface area contributed by atoms with Crippen molar-refractivity contribution in [2.75, 3.05) is 31.2 Å². The fraction of sp³-hybridized carbons (Fsp3) is 0.192. The Labute approximate surface area is 192 Å². The first-order chi connectivity index (χ1) is 16.3. The van der Waals surface area contributed by atoms with Crippen molar-refractivity contribution in [2.24, 2.45) is 0 Å². The van der Waals surface area contributed by atoms with E-state index in [9.17, 15) is 4.79 Å². The van der Waals surface area contributed by atoms with E-state index in [2.05, 4.69) is 20.2 Å². The maximum atomic E-state index is 13.1. The molecule has 1 N–H and O–H groups in total. The Kier molecular flexibility index (Phi) is 6.12. The molecule has 1 aliphatic heterocycles. The molecule has 0 spiro atoms. The molecule has 4 aromatic rings. The Morgan fingerprint density at radius 2 is 1.76 bits per heavy atom. The van der Waals surface area contributed by atoms with Crippen molar-refractivity contribution in [3.05, 3.63) is 90.3 Å². The van der Waals surface area contributed by atoms with Crippen molar-refractivity contribution in [3.8, 4) is 22.8 Å². The number of carbonyl (C=O) groups excluding carboxylic acids is 1. The average molecular weight is 441 g/mol. The number of amides is 1. The smallest absolute Gasteiger partial charge is 0.252 e. The molecule has 0 bridgehead atoms. The Hall–Kier alpha value is -3.97. The van der Waals surface area contributed by atoms with Gasteiger partial charge in [-0.25, -0.2) is 9.97 Å². The van der Waals surface area contributed by atoms with Crippen LogP contribution in [0.25, 0.3) is 22.8 Å². The second-order valence-corrected chi connectivity index (χ2v) is 7.75. The number of hydrogen-bond donors (Lipinski definition) is 1. The van der Waals surface area contributed by atoms with Gasteiger partial charge in [-0.3, -0.25) is 4.79 Å². The number of benzene rings is 2. The highest BCUT2D eigenvalue weighted by atomic mass is 16.5. The van der Waals surface area contributed by atoms with Crippen LogP contribution in [0.15, 0.2) is 83.5 Å². The first-order valence-electron chi connectivity index (χ1n) is 10.9. The maximum absolute atomic E-state index is 13.1. The van der Waals surface area contributed by atoms with Gasteiger partial charge in [0.2, 0.25) is 5.89 Å². The third kappa shape index (κ3) is 4.78. The molecule has 0 radical (unpaired) electrons. The van der Waals surface area contributed by atoms with Gasteiger partial charge in [-0.2, -0.15) is 0 Å². The predicted octanol–water partition coefficient (Wildman–Crippen LogP) is 4.17. The lowest BCUT2D eigenvalue weighted by molar-refractivity contribution is 0.0951. The summed E-state index contributed by atoms with van der Waals surface area (Å²) in [6.07, 6.45) is 3.46. The average Bonchev–Trinajstić information content (AvgIpc) is 3.39. The summed E-state index contributed by atoms with van der Waals surface area (Å²) in [5.41, 5.74) is 3.09. The van der Waals surface area contributed by atoms with E-state index in [4.69, 9.17) is 9.15 Å². The predicted molar refractivity (Wildman–Crippen MR) is 126 cm³/mol. The Bertz CT molecular complexity index is 1230. The summed E-state index contributed by atoms with van der Waals surface area (Å²) < 4.78 is 11.4. The van der Waals surface area contributed by atoms with Crippen LogP contribution in [0.1, 0.15) is 15.9 Å². The van der Waals surface area contributed by atoms with Crippen molar-refractivity contribution in [3.63, 3.8) is 0 Å². The topological polar surface area (TPSA) is 80.5 Å². The molecule has 2 aromatic carbocycles. The lowest BCUT2D eigenvalue weighted by Gasteiger charge is -2.28. The summed E-state index contributed by atoms with van der Waals surface area (Å²) in [5, 5.41) is 3.01. The van der Waals surface area contributed by atoms with Crippen molar-refractivity contribution in [2.45, 2.75) is 6.54 Å². The Balaban J connectivity index is 1.31. The number of rotatable bonds is 6. The standard InChI is InChI=1S/C26H24N4O3/c31-25(28-17-19-10-11-27-24(16-19)30-12-14-32-15-13-30)21-8-4-5-9-22(21)26-29-18-23(33-26)20-6-2-1-3-7-20/h1-11,16,18H,12-15,17H2,(H,28,31). The summed E-state index contributed by atoms with van der Waals surface area (Å²) in [5.74, 6) is 1.79. The maximum Gasteiger partial charge on any atom is 0.252 e. The minimum absolute atomic E-state index is 0.185. The largest absolute Gasteiger partial charge is 0.436 e. The molecule has 1 saturated heterocycles. The number of nitrogens with zero attached hydrogens (tertiary/aromatic N) is 3. The number of anilines is 1. The molecule has 7 nitrogen and oxygen atoms in total. The quantitative estimate of drug-likeness (QED) is 0.485. The van der Waals surface area contributed by atoms with Crippen molar-refractivity contribution < 1.29 is 13.9 Å². The number of ether oxygens (including phenoxy) is 1. The van der Waals surface area contributed by atoms with Gasteiger partial charge in [0, 0.05) is 37.0 Å². The van der Waals surface area contributed by atoms with E-state index in [-0.39, 0.29) is 5.91 Å². The second kappa shape index (κ2) is 9.67. The molecule has 0 atom stereocenters. The fourth-order valence-electron chi connectivity index (χ4n) is 3.82. The molecule has 2 aromatic heterocycles. The summed E-state index contributed by atoms with van der Waals surface area (Å²) >= 11 is 0. The highest BCUT2D eigenvalue weighted by Crippen LogP contribution is 2.28. The minimum Gasteiger partial charge on any atom is -0.436 e. The molecule has 166 valence electrons. The summed E-state index contributed by atoms with van der Waals surface area (Å²) in [4.78, 5) is 24.1. The number of pyridine rings is 1. The molecule has 0 unspecified atom stereocenters. The lowest BCUT2D eigenvalue weighted by Crippen LogP contribution is -2.36. The first-order valence-corrected chi connectivity index (χ1v) is 10.9. The third-order valence-corrected chi connectivity index (χ3v) is 5.56. The van der Waals surface area contributed by atoms with Gasteiger partial charge in [0.15, 0.2) is 5.76 Å². The van der Waals surface area contributed by atoms with E-state index in [1.54, 1.807) is 18.5 Å². The highest BCUT2D eigenvalue weighted by Gasteiger charge is 2.17. The van der Waals surface area contributed by atoms with Gasteiger partial charge < -0.3 is 19.4 Å². The molecule has 33 heavy (non-hydrogen) atoms. The summed E-state index contributed by atoms with van der Waals surface area (Å²) in [7, 11) is 0. The van der Waals surface area contributed by atoms with E-state index in [1.165, 1.54) is 0 Å². The molecule has 3 heterocycles. The molecular formula is C26H24N4O3. The van der Waals surface area contributed by atoms with E-state index in [1.807, 2.05) is 60.7 Å². The van der Waals surface area contributed by atoms with Gasteiger partial charge in [-0.15, -0.1) is 0 Å². The van der Waals surface area contributed by atoms with Crippen molar-refractivity contribution >= 4 is 11.7 Å². The molecule has 5 rings (SSSR count). The van der Waals surface area contributed by atoms with Gasteiger partial charge in [-0.1, -0.05) is 42.5 Å². The summed E-state index contributed by atoms with van der Waals surface area (Å²) in [6, 6.07) is 21.0. The minimum atomic E-state index is -0.185. The zero-order valence-electron chi connectivity index (χ0n) is 18.1. The number of carbonyl (C=O) groups is 1. The van der Waals surface area contributed by atoms with Crippen LogP contribution in [0.3, 0.4) is 0 Å². The molecule has 0 aliphatic carbocycles. The fourth-order valence-corrected chi connectivity index (χ4v) is 3.82. The van der Waals surface area contributed by atoms with Gasteiger partial charge in [0.25, 0.3) is 5.91 Å². The van der Waals surface area contributed by atoms with Crippen LogP contribution in [0, 0.1) is 0 Å². The SMILES string of the molecule is O=C(NCc1ccnc(N2CCOCC2)c1)c1ccccc1-c1ncc(-c2ccccc2)o1. The van der Waals surface area contributed by atoms with Crippen LogP contribution in [0.4, 0.5) is 5.82 Å². The van der Waals surface area contributed by atoms with Crippen LogP contribution in [-0.2, 0) is 11.3 Å². The zero-order chi connectivity index (χ0) is 22.5. The van der Waals surface area contributed by atoms with E-state index >= 15 is 0 Å². The van der Waals surface area contributed by atoms with Crippen molar-refractivity contribution in [1.82, 2.24) is 15.3 Å². The van der Waals surface area contributed by atoms with Gasteiger partial charge in [0.1, 0.15) is 5.82 Å². The van der Waals surface area contributed by atoms with Gasteiger partial charge in [0.05, 0.1) is 25.0 Å². The van der Waals surface area contributed by atoms with E-state index in [0.29, 0.717) is 42.5 Å². The molecule has 0 saturated carbocycles.